The summed E-state index contributed by atoms with van der Waals surface area (Å²) < 4.78 is 39.2. The van der Waals surface area contributed by atoms with E-state index >= 15 is 0 Å². The van der Waals surface area contributed by atoms with Crippen LogP contribution in [-0.4, -0.2) is 11.5 Å². The Morgan fingerprint density at radius 2 is 1.85 bits per heavy atom. The summed E-state index contributed by atoms with van der Waals surface area (Å²) >= 11 is 1.25. The van der Waals surface area contributed by atoms with Gasteiger partial charge in [-0.05, 0) is 19.4 Å². The molecule has 0 atom stereocenters. The van der Waals surface area contributed by atoms with E-state index in [9.17, 15) is 13.2 Å². The van der Waals surface area contributed by atoms with Gasteiger partial charge in [0.25, 0.3) is 0 Å². The number of hydrogen-bond acceptors (Lipinski definition) is 3. The lowest BCUT2D eigenvalue weighted by molar-refractivity contribution is -0.141. The fourth-order valence-electron chi connectivity index (χ4n) is 2.65. The van der Waals surface area contributed by atoms with E-state index < -0.39 is 11.9 Å². The molecular weight excluding hydrogens is 285 g/mol. The average Bonchev–Trinajstić information content (AvgIpc) is 2.64. The van der Waals surface area contributed by atoms with Crippen molar-refractivity contribution >= 4 is 11.3 Å². The molecule has 1 aliphatic carbocycles. The molecule has 0 unspecified atom stereocenters. The van der Waals surface area contributed by atoms with Gasteiger partial charge in [0, 0.05) is 12.5 Å². The van der Waals surface area contributed by atoms with Crippen molar-refractivity contribution in [1.82, 2.24) is 10.3 Å². The Hall–Kier alpha value is -0.620. The number of halogens is 3. The van der Waals surface area contributed by atoms with Crippen molar-refractivity contribution in [1.29, 1.82) is 0 Å². The largest absolute Gasteiger partial charge is 0.434 e. The van der Waals surface area contributed by atoms with Crippen LogP contribution in [0.1, 0.15) is 66.9 Å². The fraction of sp³-hybridized carbons (Fsp3) is 0.786. The standard InChI is InChI=1S/C14H21F3N2S/c1-2-18-9-11-12(14(15,16)17)19-13(20-11)10-7-5-3-4-6-8-10/h10,18H,2-9H2,1H3. The molecule has 0 radical (unpaired) electrons. The lowest BCUT2D eigenvalue weighted by Gasteiger charge is -2.09. The third-order valence-electron chi connectivity index (χ3n) is 3.72. The number of rotatable bonds is 4. The number of nitrogens with zero attached hydrogens (tertiary/aromatic N) is 1. The number of aromatic nitrogens is 1. The maximum Gasteiger partial charge on any atom is 0.434 e. The van der Waals surface area contributed by atoms with Gasteiger partial charge in [-0.3, -0.25) is 0 Å². The highest BCUT2D eigenvalue weighted by Gasteiger charge is 2.38. The van der Waals surface area contributed by atoms with E-state index in [0.717, 1.165) is 25.7 Å². The van der Waals surface area contributed by atoms with E-state index in [1.54, 1.807) is 0 Å². The maximum absolute atomic E-state index is 13.1. The molecule has 1 aliphatic rings. The zero-order valence-corrected chi connectivity index (χ0v) is 12.5. The molecule has 0 saturated heterocycles. The minimum atomic E-state index is -4.34. The first-order valence-corrected chi connectivity index (χ1v) is 8.11. The van der Waals surface area contributed by atoms with Crippen LogP contribution in [0.15, 0.2) is 0 Å². The SMILES string of the molecule is CCNCc1sc(C2CCCCCC2)nc1C(F)(F)F. The highest BCUT2D eigenvalue weighted by atomic mass is 32.1. The van der Waals surface area contributed by atoms with E-state index in [2.05, 4.69) is 10.3 Å². The van der Waals surface area contributed by atoms with Crippen LogP contribution in [0.5, 0.6) is 0 Å². The number of thiazole rings is 1. The van der Waals surface area contributed by atoms with E-state index in [4.69, 9.17) is 0 Å². The van der Waals surface area contributed by atoms with Crippen LogP contribution >= 0.6 is 11.3 Å². The van der Waals surface area contributed by atoms with Crippen LogP contribution in [0.25, 0.3) is 0 Å². The van der Waals surface area contributed by atoms with Crippen LogP contribution in [-0.2, 0) is 12.7 Å². The van der Waals surface area contributed by atoms with Gasteiger partial charge in [-0.2, -0.15) is 13.2 Å². The quantitative estimate of drug-likeness (QED) is 0.815. The molecule has 1 N–H and O–H groups in total. The van der Waals surface area contributed by atoms with Gasteiger partial charge < -0.3 is 5.32 Å². The Labute approximate surface area is 121 Å². The van der Waals surface area contributed by atoms with Crippen LogP contribution in [0.2, 0.25) is 0 Å². The van der Waals surface area contributed by atoms with Crippen molar-refractivity contribution < 1.29 is 13.2 Å². The first kappa shape index (κ1) is 15.8. The fourth-order valence-corrected chi connectivity index (χ4v) is 3.87. The summed E-state index contributed by atoms with van der Waals surface area (Å²) in [6.07, 6.45) is 2.21. The summed E-state index contributed by atoms with van der Waals surface area (Å²) in [4.78, 5) is 4.29. The van der Waals surface area contributed by atoms with Crippen LogP contribution in [0.4, 0.5) is 13.2 Å². The molecule has 0 aromatic carbocycles. The van der Waals surface area contributed by atoms with Crippen molar-refractivity contribution in [3.63, 3.8) is 0 Å². The van der Waals surface area contributed by atoms with Gasteiger partial charge in [-0.15, -0.1) is 11.3 Å². The van der Waals surface area contributed by atoms with Crippen molar-refractivity contribution in [3.05, 3.63) is 15.6 Å². The third-order valence-corrected chi connectivity index (χ3v) is 4.94. The van der Waals surface area contributed by atoms with Gasteiger partial charge in [0.05, 0.1) is 9.88 Å². The zero-order valence-electron chi connectivity index (χ0n) is 11.7. The van der Waals surface area contributed by atoms with E-state index in [-0.39, 0.29) is 12.5 Å². The summed E-state index contributed by atoms with van der Waals surface area (Å²) in [5, 5.41) is 3.66. The van der Waals surface area contributed by atoms with Crippen LogP contribution < -0.4 is 5.32 Å². The summed E-state index contributed by atoms with van der Waals surface area (Å²) in [7, 11) is 0. The van der Waals surface area contributed by atoms with Gasteiger partial charge in [-0.1, -0.05) is 32.6 Å². The summed E-state index contributed by atoms with van der Waals surface area (Å²) in [6, 6.07) is 0. The van der Waals surface area contributed by atoms with Gasteiger partial charge >= 0.3 is 6.18 Å². The predicted molar refractivity (Wildman–Crippen MR) is 74.9 cm³/mol. The predicted octanol–water partition coefficient (Wildman–Crippen LogP) is 4.71. The van der Waals surface area contributed by atoms with Gasteiger partial charge in [0.2, 0.25) is 0 Å². The Bertz CT molecular complexity index is 421. The Morgan fingerprint density at radius 3 is 2.40 bits per heavy atom. The molecule has 1 aromatic rings. The number of alkyl halides is 3. The molecule has 1 aromatic heterocycles. The minimum absolute atomic E-state index is 0.221. The second-order valence-corrected chi connectivity index (χ2v) is 6.41. The molecule has 114 valence electrons. The molecule has 6 heteroatoms. The third kappa shape index (κ3) is 3.95. The molecule has 0 bridgehead atoms. The Kier molecular flexibility index (Phi) is 5.43. The number of hydrogen-bond donors (Lipinski definition) is 1. The van der Waals surface area contributed by atoms with Crippen LogP contribution in [0.3, 0.4) is 0 Å². The van der Waals surface area contributed by atoms with Crippen LogP contribution in [0, 0.1) is 0 Å². The first-order valence-electron chi connectivity index (χ1n) is 7.30. The molecule has 2 rings (SSSR count). The Balaban J connectivity index is 2.22. The zero-order chi connectivity index (χ0) is 14.6. The highest BCUT2D eigenvalue weighted by Crippen LogP contribution is 2.39. The average molecular weight is 306 g/mol. The summed E-state index contributed by atoms with van der Waals surface area (Å²) in [5.41, 5.74) is -0.678. The molecule has 1 heterocycles. The maximum atomic E-state index is 13.1. The second-order valence-electron chi connectivity index (χ2n) is 5.29. The minimum Gasteiger partial charge on any atom is -0.312 e. The summed E-state index contributed by atoms with van der Waals surface area (Å²) in [6.45, 7) is 2.81. The monoisotopic (exact) mass is 306 g/mol. The highest BCUT2D eigenvalue weighted by molar-refractivity contribution is 7.11. The Morgan fingerprint density at radius 1 is 1.20 bits per heavy atom. The topological polar surface area (TPSA) is 24.9 Å². The van der Waals surface area contributed by atoms with Gasteiger partial charge in [-0.25, -0.2) is 4.98 Å². The van der Waals surface area contributed by atoms with Crippen molar-refractivity contribution in [2.75, 3.05) is 6.54 Å². The molecule has 2 nitrogen and oxygen atoms in total. The molecule has 0 amide bonds. The van der Waals surface area contributed by atoms with Crippen molar-refractivity contribution in [3.8, 4) is 0 Å². The smallest absolute Gasteiger partial charge is 0.312 e. The van der Waals surface area contributed by atoms with Gasteiger partial charge in [0.15, 0.2) is 5.69 Å². The lowest BCUT2D eigenvalue weighted by atomic mass is 10.0. The molecule has 0 spiro atoms. The lowest BCUT2D eigenvalue weighted by Crippen LogP contribution is -2.15. The second kappa shape index (κ2) is 6.89. The first-order chi connectivity index (χ1) is 9.52. The normalized spacial score (nSPS) is 18.2. The molecular formula is C14H21F3N2S. The van der Waals surface area contributed by atoms with E-state index in [1.165, 1.54) is 24.2 Å². The van der Waals surface area contributed by atoms with E-state index in [0.29, 0.717) is 16.4 Å². The number of nitrogens with one attached hydrogen (secondary N) is 1. The van der Waals surface area contributed by atoms with Gasteiger partial charge in [0.1, 0.15) is 0 Å². The van der Waals surface area contributed by atoms with Crippen molar-refractivity contribution in [2.24, 2.45) is 0 Å². The summed E-state index contributed by atoms with van der Waals surface area (Å²) in [5.74, 6) is 0.221. The molecule has 1 fully saturated rings. The van der Waals surface area contributed by atoms with E-state index in [1.807, 2.05) is 6.92 Å². The molecule has 0 aliphatic heterocycles. The molecule has 1 saturated carbocycles. The van der Waals surface area contributed by atoms with Crippen molar-refractivity contribution in [2.45, 2.75) is 64.1 Å². The molecule has 20 heavy (non-hydrogen) atoms.